The van der Waals surface area contributed by atoms with Crippen LogP contribution in [0.1, 0.15) is 6.92 Å². The van der Waals surface area contributed by atoms with Crippen molar-refractivity contribution in [1.82, 2.24) is 4.98 Å². The summed E-state index contributed by atoms with van der Waals surface area (Å²) in [5.41, 5.74) is 1.04. The van der Waals surface area contributed by atoms with E-state index in [1.54, 1.807) is 24.2 Å². The first kappa shape index (κ1) is 11.3. The standard InChI is InChI=1S/C10H16N2OS/c1-8(10(7-13)14-2)12-9-3-5-11-6-4-9/h3-6,8,10,13H,7H2,1-2H3,(H,11,12). The van der Waals surface area contributed by atoms with Gasteiger partial charge in [0.25, 0.3) is 0 Å². The van der Waals surface area contributed by atoms with E-state index < -0.39 is 0 Å². The highest BCUT2D eigenvalue weighted by Gasteiger charge is 2.14. The van der Waals surface area contributed by atoms with Crippen molar-refractivity contribution >= 4 is 17.4 Å². The molecule has 1 heterocycles. The monoisotopic (exact) mass is 212 g/mol. The van der Waals surface area contributed by atoms with E-state index in [1.807, 2.05) is 18.4 Å². The third-order valence-corrected chi connectivity index (χ3v) is 3.28. The van der Waals surface area contributed by atoms with Crippen molar-refractivity contribution in [2.45, 2.75) is 18.2 Å². The molecule has 0 radical (unpaired) electrons. The number of thioether (sulfide) groups is 1. The second-order valence-electron chi connectivity index (χ2n) is 3.13. The van der Waals surface area contributed by atoms with Crippen molar-refractivity contribution in [2.75, 3.05) is 18.2 Å². The molecule has 3 nitrogen and oxygen atoms in total. The molecule has 0 spiro atoms. The van der Waals surface area contributed by atoms with Gasteiger partial charge < -0.3 is 10.4 Å². The van der Waals surface area contributed by atoms with E-state index in [2.05, 4.69) is 17.2 Å². The van der Waals surface area contributed by atoms with Gasteiger partial charge in [-0.3, -0.25) is 4.98 Å². The smallest absolute Gasteiger partial charge is 0.0569 e. The first-order valence-corrected chi connectivity index (χ1v) is 5.87. The zero-order valence-electron chi connectivity index (χ0n) is 8.47. The number of anilines is 1. The fourth-order valence-corrected chi connectivity index (χ4v) is 1.87. The van der Waals surface area contributed by atoms with Crippen LogP contribution in [0.4, 0.5) is 5.69 Å². The quantitative estimate of drug-likeness (QED) is 0.778. The van der Waals surface area contributed by atoms with Crippen LogP contribution in [0.5, 0.6) is 0 Å². The van der Waals surface area contributed by atoms with E-state index >= 15 is 0 Å². The Morgan fingerprint density at radius 1 is 1.50 bits per heavy atom. The molecule has 0 aromatic carbocycles. The number of rotatable bonds is 5. The van der Waals surface area contributed by atoms with Gasteiger partial charge in [-0.25, -0.2) is 0 Å². The summed E-state index contributed by atoms with van der Waals surface area (Å²) in [5, 5.41) is 12.6. The average Bonchev–Trinajstić information content (AvgIpc) is 2.21. The van der Waals surface area contributed by atoms with Crippen LogP contribution in [0.25, 0.3) is 0 Å². The molecule has 78 valence electrons. The summed E-state index contributed by atoms with van der Waals surface area (Å²) in [6, 6.07) is 4.09. The maximum absolute atomic E-state index is 9.10. The van der Waals surface area contributed by atoms with Crippen LogP contribution in [-0.2, 0) is 0 Å². The summed E-state index contributed by atoms with van der Waals surface area (Å²) < 4.78 is 0. The van der Waals surface area contributed by atoms with Crippen molar-refractivity contribution in [3.63, 3.8) is 0 Å². The van der Waals surface area contributed by atoms with E-state index in [9.17, 15) is 0 Å². The molecule has 0 amide bonds. The second-order valence-corrected chi connectivity index (χ2v) is 4.20. The molecule has 14 heavy (non-hydrogen) atoms. The van der Waals surface area contributed by atoms with Crippen LogP contribution in [-0.4, -0.2) is 34.2 Å². The number of hydrogen-bond acceptors (Lipinski definition) is 4. The number of nitrogens with one attached hydrogen (secondary N) is 1. The lowest BCUT2D eigenvalue weighted by atomic mass is 10.2. The minimum absolute atomic E-state index is 0.195. The minimum Gasteiger partial charge on any atom is -0.395 e. The van der Waals surface area contributed by atoms with E-state index in [0.29, 0.717) is 0 Å². The van der Waals surface area contributed by atoms with Crippen molar-refractivity contribution < 1.29 is 5.11 Å². The number of aliphatic hydroxyl groups excluding tert-OH is 1. The molecular weight excluding hydrogens is 196 g/mol. The molecule has 2 atom stereocenters. The molecule has 0 saturated carbocycles. The highest BCUT2D eigenvalue weighted by molar-refractivity contribution is 7.99. The van der Waals surface area contributed by atoms with Gasteiger partial charge in [0, 0.05) is 29.4 Å². The largest absolute Gasteiger partial charge is 0.395 e. The van der Waals surface area contributed by atoms with Crippen LogP contribution in [0, 0.1) is 0 Å². The maximum Gasteiger partial charge on any atom is 0.0569 e. The van der Waals surface area contributed by atoms with E-state index in [1.165, 1.54) is 0 Å². The molecule has 1 aromatic heterocycles. The Morgan fingerprint density at radius 2 is 2.14 bits per heavy atom. The van der Waals surface area contributed by atoms with Crippen molar-refractivity contribution in [1.29, 1.82) is 0 Å². The highest BCUT2D eigenvalue weighted by Crippen LogP contribution is 2.15. The van der Waals surface area contributed by atoms with Gasteiger partial charge in [0.2, 0.25) is 0 Å². The molecule has 0 aliphatic rings. The summed E-state index contributed by atoms with van der Waals surface area (Å²) >= 11 is 1.67. The first-order chi connectivity index (χ1) is 6.77. The third kappa shape index (κ3) is 3.20. The molecular formula is C10H16N2OS. The predicted octanol–water partition coefficient (Wildman–Crippen LogP) is 1.61. The van der Waals surface area contributed by atoms with Crippen LogP contribution < -0.4 is 5.32 Å². The maximum atomic E-state index is 9.10. The Bertz CT molecular complexity index is 252. The Balaban J connectivity index is 2.52. The molecule has 0 fully saturated rings. The summed E-state index contributed by atoms with van der Waals surface area (Å²) in [7, 11) is 0. The van der Waals surface area contributed by atoms with Gasteiger partial charge in [0.05, 0.1) is 6.61 Å². The minimum atomic E-state index is 0.195. The fraction of sp³-hybridized carbons (Fsp3) is 0.500. The van der Waals surface area contributed by atoms with Crippen LogP contribution in [0.2, 0.25) is 0 Å². The Labute approximate surface area is 88.9 Å². The average molecular weight is 212 g/mol. The zero-order chi connectivity index (χ0) is 10.4. The fourth-order valence-electron chi connectivity index (χ4n) is 1.24. The van der Waals surface area contributed by atoms with E-state index in [0.717, 1.165) is 5.69 Å². The molecule has 0 saturated heterocycles. The van der Waals surface area contributed by atoms with Gasteiger partial charge in [0.15, 0.2) is 0 Å². The van der Waals surface area contributed by atoms with Gasteiger partial charge in [0.1, 0.15) is 0 Å². The van der Waals surface area contributed by atoms with Gasteiger partial charge in [-0.15, -0.1) is 0 Å². The van der Waals surface area contributed by atoms with Crippen molar-refractivity contribution in [3.8, 4) is 0 Å². The molecule has 0 bridgehead atoms. The van der Waals surface area contributed by atoms with Crippen LogP contribution in [0.15, 0.2) is 24.5 Å². The Morgan fingerprint density at radius 3 is 2.64 bits per heavy atom. The van der Waals surface area contributed by atoms with E-state index in [4.69, 9.17) is 5.11 Å². The number of nitrogens with zero attached hydrogens (tertiary/aromatic N) is 1. The molecule has 1 aromatic rings. The topological polar surface area (TPSA) is 45.1 Å². The summed E-state index contributed by atoms with van der Waals surface area (Å²) in [6.45, 7) is 2.26. The van der Waals surface area contributed by atoms with Crippen molar-refractivity contribution in [3.05, 3.63) is 24.5 Å². The summed E-state index contributed by atoms with van der Waals surface area (Å²) in [6.07, 6.45) is 5.51. The molecule has 0 aliphatic heterocycles. The summed E-state index contributed by atoms with van der Waals surface area (Å²) in [5.74, 6) is 0. The second kappa shape index (κ2) is 5.88. The van der Waals surface area contributed by atoms with E-state index in [-0.39, 0.29) is 17.9 Å². The van der Waals surface area contributed by atoms with Crippen LogP contribution >= 0.6 is 11.8 Å². The Kier molecular flexibility index (Phi) is 4.76. The number of aliphatic hydroxyl groups is 1. The number of hydrogen-bond donors (Lipinski definition) is 2. The lowest BCUT2D eigenvalue weighted by Gasteiger charge is -2.22. The Hall–Kier alpha value is -0.740. The normalized spacial score (nSPS) is 14.8. The summed E-state index contributed by atoms with van der Waals surface area (Å²) in [4.78, 5) is 3.94. The van der Waals surface area contributed by atoms with Gasteiger partial charge in [-0.2, -0.15) is 11.8 Å². The number of aromatic nitrogens is 1. The van der Waals surface area contributed by atoms with Crippen LogP contribution in [0.3, 0.4) is 0 Å². The lowest BCUT2D eigenvalue weighted by Crippen LogP contribution is -2.30. The first-order valence-electron chi connectivity index (χ1n) is 4.58. The highest BCUT2D eigenvalue weighted by atomic mass is 32.2. The van der Waals surface area contributed by atoms with Gasteiger partial charge in [-0.1, -0.05) is 0 Å². The molecule has 2 N–H and O–H groups in total. The third-order valence-electron chi connectivity index (χ3n) is 2.12. The zero-order valence-corrected chi connectivity index (χ0v) is 9.29. The van der Waals surface area contributed by atoms with Gasteiger partial charge in [-0.05, 0) is 25.3 Å². The molecule has 2 unspecified atom stereocenters. The lowest BCUT2D eigenvalue weighted by molar-refractivity contribution is 0.288. The molecule has 4 heteroatoms. The molecule has 0 aliphatic carbocycles. The van der Waals surface area contributed by atoms with Crippen molar-refractivity contribution in [2.24, 2.45) is 0 Å². The number of pyridine rings is 1. The predicted molar refractivity (Wildman–Crippen MR) is 61.7 cm³/mol. The molecule has 1 rings (SSSR count). The SMILES string of the molecule is CSC(CO)C(C)Nc1ccncc1. The van der Waals surface area contributed by atoms with Gasteiger partial charge >= 0.3 is 0 Å².